The van der Waals surface area contributed by atoms with Gasteiger partial charge < -0.3 is 10.0 Å². The summed E-state index contributed by atoms with van der Waals surface area (Å²) in [5.74, 6) is -0.634. The largest absolute Gasteiger partial charge is 0.392 e. The number of rotatable bonds is 7. The maximum absolute atomic E-state index is 13.6. The third-order valence-corrected chi connectivity index (χ3v) is 4.49. The smallest absolute Gasteiger partial charge is 0.240 e. The van der Waals surface area contributed by atoms with E-state index >= 15 is 0 Å². The molecule has 1 rings (SSSR count). The predicted molar refractivity (Wildman–Crippen MR) is 75.4 cm³/mol. The Hall–Kier alpha value is -1.02. The topological polar surface area (TPSA) is 69.6 Å². The van der Waals surface area contributed by atoms with Gasteiger partial charge in [0.15, 0.2) is 0 Å². The van der Waals surface area contributed by atoms with Crippen LogP contribution >= 0.6 is 0 Å². The fraction of sp³-hybridized carbons (Fsp3) is 0.538. The second-order valence-corrected chi connectivity index (χ2v) is 6.65. The van der Waals surface area contributed by atoms with Crippen LogP contribution in [0, 0.1) is 12.7 Å². The van der Waals surface area contributed by atoms with Crippen molar-refractivity contribution in [1.29, 1.82) is 0 Å². The predicted octanol–water partition coefficient (Wildman–Crippen LogP) is 0.856. The van der Waals surface area contributed by atoms with E-state index in [0.29, 0.717) is 6.42 Å². The van der Waals surface area contributed by atoms with Crippen molar-refractivity contribution in [2.75, 3.05) is 27.2 Å². The quantitative estimate of drug-likeness (QED) is 0.733. The Bertz CT molecular complexity index is 559. The van der Waals surface area contributed by atoms with Crippen LogP contribution in [0.5, 0.6) is 0 Å². The van der Waals surface area contributed by atoms with E-state index in [2.05, 4.69) is 4.72 Å². The summed E-state index contributed by atoms with van der Waals surface area (Å²) in [5, 5.41) is 9.03. The zero-order valence-corrected chi connectivity index (χ0v) is 12.8. The minimum Gasteiger partial charge on any atom is -0.392 e. The molecule has 0 radical (unpaired) electrons. The summed E-state index contributed by atoms with van der Waals surface area (Å²) < 4.78 is 40.4. The number of aliphatic hydroxyl groups is 1. The molecular weight excluding hydrogens is 283 g/mol. The van der Waals surface area contributed by atoms with Crippen LogP contribution in [0.3, 0.4) is 0 Å². The highest BCUT2D eigenvalue weighted by molar-refractivity contribution is 7.89. The van der Waals surface area contributed by atoms with E-state index in [4.69, 9.17) is 5.11 Å². The monoisotopic (exact) mass is 304 g/mol. The number of halogens is 1. The first-order valence-corrected chi connectivity index (χ1v) is 7.80. The Labute approximate surface area is 119 Å². The summed E-state index contributed by atoms with van der Waals surface area (Å²) in [6, 6.07) is 2.44. The molecule has 0 aromatic heterocycles. The zero-order valence-electron chi connectivity index (χ0n) is 12.0. The molecule has 1 aromatic carbocycles. The van der Waals surface area contributed by atoms with Gasteiger partial charge in [-0.2, -0.15) is 0 Å². The van der Waals surface area contributed by atoms with Gasteiger partial charge in [0.05, 0.1) is 11.5 Å². The molecule has 0 spiro atoms. The minimum atomic E-state index is -3.76. The molecule has 20 heavy (non-hydrogen) atoms. The third kappa shape index (κ3) is 4.52. The molecule has 0 aliphatic heterocycles. The molecule has 0 bridgehead atoms. The summed E-state index contributed by atoms with van der Waals surface area (Å²) >= 11 is 0. The summed E-state index contributed by atoms with van der Waals surface area (Å²) in [4.78, 5) is 1.83. The Morgan fingerprint density at radius 3 is 2.55 bits per heavy atom. The highest BCUT2D eigenvalue weighted by atomic mass is 32.2. The number of aliphatic hydroxyl groups excluding tert-OH is 1. The van der Waals surface area contributed by atoms with Crippen molar-refractivity contribution in [3.63, 3.8) is 0 Å². The second-order valence-electron chi connectivity index (χ2n) is 4.91. The van der Waals surface area contributed by atoms with E-state index in [9.17, 15) is 12.8 Å². The Kier molecular flexibility index (Phi) is 6.07. The number of benzene rings is 1. The van der Waals surface area contributed by atoms with Gasteiger partial charge >= 0.3 is 0 Å². The van der Waals surface area contributed by atoms with Gasteiger partial charge in [0.2, 0.25) is 10.0 Å². The fourth-order valence-corrected chi connectivity index (χ4v) is 3.13. The van der Waals surface area contributed by atoms with Crippen molar-refractivity contribution in [2.45, 2.75) is 24.8 Å². The summed E-state index contributed by atoms with van der Waals surface area (Å²) in [5.41, 5.74) is 0.295. The normalized spacial score (nSPS) is 12.1. The Balaban J connectivity index is 2.89. The Morgan fingerprint density at radius 2 is 2.00 bits per heavy atom. The minimum absolute atomic E-state index is 0.0577. The van der Waals surface area contributed by atoms with Crippen LogP contribution in [0.1, 0.15) is 17.5 Å². The number of hydrogen-bond acceptors (Lipinski definition) is 4. The van der Waals surface area contributed by atoms with Crippen molar-refractivity contribution in [1.82, 2.24) is 9.62 Å². The van der Waals surface area contributed by atoms with E-state index in [0.717, 1.165) is 12.6 Å². The first kappa shape index (κ1) is 17.0. The van der Waals surface area contributed by atoms with Crippen molar-refractivity contribution in [2.24, 2.45) is 0 Å². The summed E-state index contributed by atoms with van der Waals surface area (Å²) in [6.07, 6.45) is 0.660. The van der Waals surface area contributed by atoms with Gasteiger partial charge in [-0.3, -0.25) is 0 Å². The van der Waals surface area contributed by atoms with Gasteiger partial charge in [-0.15, -0.1) is 0 Å². The van der Waals surface area contributed by atoms with Crippen LogP contribution < -0.4 is 4.72 Å². The molecule has 2 N–H and O–H groups in total. The molecule has 0 aliphatic rings. The van der Waals surface area contributed by atoms with Crippen LogP contribution in [0.25, 0.3) is 0 Å². The molecule has 0 unspecified atom stereocenters. The number of nitrogens with one attached hydrogen (secondary N) is 1. The van der Waals surface area contributed by atoms with Gasteiger partial charge in [-0.25, -0.2) is 17.5 Å². The van der Waals surface area contributed by atoms with Crippen LogP contribution in [0.15, 0.2) is 17.0 Å². The summed E-state index contributed by atoms with van der Waals surface area (Å²) in [7, 11) is 0.0395. The maximum Gasteiger partial charge on any atom is 0.240 e. The van der Waals surface area contributed by atoms with E-state index in [1.165, 1.54) is 13.0 Å². The average molecular weight is 304 g/mol. The highest BCUT2D eigenvalue weighted by Gasteiger charge is 2.19. The lowest BCUT2D eigenvalue weighted by molar-refractivity contribution is 0.281. The van der Waals surface area contributed by atoms with Gasteiger partial charge in [0, 0.05) is 12.1 Å². The van der Waals surface area contributed by atoms with Gasteiger partial charge in [0.25, 0.3) is 0 Å². The summed E-state index contributed by atoms with van der Waals surface area (Å²) in [6.45, 7) is 2.04. The third-order valence-electron chi connectivity index (χ3n) is 2.90. The molecular formula is C13H21FN2O3S. The van der Waals surface area contributed by atoms with E-state index in [1.807, 2.05) is 19.0 Å². The maximum atomic E-state index is 13.6. The molecule has 114 valence electrons. The zero-order chi connectivity index (χ0) is 15.3. The molecule has 1 aromatic rings. The first-order chi connectivity index (χ1) is 9.27. The first-order valence-electron chi connectivity index (χ1n) is 6.32. The lowest BCUT2D eigenvalue weighted by Crippen LogP contribution is -2.28. The lowest BCUT2D eigenvalue weighted by Gasteiger charge is -2.13. The van der Waals surface area contributed by atoms with Gasteiger partial charge in [-0.1, -0.05) is 0 Å². The fourth-order valence-electron chi connectivity index (χ4n) is 1.76. The number of hydrogen-bond donors (Lipinski definition) is 2. The Morgan fingerprint density at radius 1 is 1.35 bits per heavy atom. The molecule has 0 saturated heterocycles. The lowest BCUT2D eigenvalue weighted by atomic mass is 10.1. The number of nitrogens with zero attached hydrogens (tertiary/aromatic N) is 1. The van der Waals surface area contributed by atoms with Crippen molar-refractivity contribution in [3.05, 3.63) is 29.1 Å². The molecule has 7 heteroatoms. The van der Waals surface area contributed by atoms with Crippen molar-refractivity contribution < 1.29 is 17.9 Å². The molecule has 0 aliphatic carbocycles. The number of sulfonamides is 1. The molecule has 0 fully saturated rings. The SMILES string of the molecule is Cc1c(F)cc(CO)cc1S(=O)(=O)NCCCN(C)C. The van der Waals surface area contributed by atoms with Crippen LogP contribution in [-0.4, -0.2) is 45.6 Å². The van der Waals surface area contributed by atoms with Crippen LogP contribution in [0.2, 0.25) is 0 Å². The standard InChI is InChI=1S/C13H21FN2O3S/c1-10-12(14)7-11(9-17)8-13(10)20(18,19)15-5-4-6-16(2)3/h7-8,15,17H,4-6,9H2,1-3H3. The molecule has 0 atom stereocenters. The van der Waals surface area contributed by atoms with Gasteiger partial charge in [-0.05, 0) is 51.7 Å². The van der Waals surface area contributed by atoms with E-state index in [1.54, 1.807) is 0 Å². The second kappa shape index (κ2) is 7.12. The highest BCUT2D eigenvalue weighted by Crippen LogP contribution is 2.20. The van der Waals surface area contributed by atoms with Gasteiger partial charge in [0.1, 0.15) is 5.82 Å². The van der Waals surface area contributed by atoms with Crippen molar-refractivity contribution >= 4 is 10.0 Å². The van der Waals surface area contributed by atoms with Crippen LogP contribution in [0.4, 0.5) is 4.39 Å². The van der Waals surface area contributed by atoms with E-state index < -0.39 is 22.4 Å². The molecule has 5 nitrogen and oxygen atoms in total. The molecule has 0 saturated carbocycles. The van der Waals surface area contributed by atoms with Crippen molar-refractivity contribution in [3.8, 4) is 0 Å². The van der Waals surface area contributed by atoms with Crippen LogP contribution in [-0.2, 0) is 16.6 Å². The molecule has 0 heterocycles. The molecule has 0 amide bonds. The average Bonchev–Trinajstić information content (AvgIpc) is 2.37. The van der Waals surface area contributed by atoms with E-state index in [-0.39, 0.29) is 22.6 Å².